The predicted octanol–water partition coefficient (Wildman–Crippen LogP) is 21.2. The molecule has 0 heterocycles. The molecule has 428 valence electrons. The van der Waals surface area contributed by atoms with E-state index in [4.69, 9.17) is 14.2 Å². The maximum atomic E-state index is 12.8. The summed E-state index contributed by atoms with van der Waals surface area (Å²) in [6.45, 7) is 6.35. The molecule has 0 spiro atoms. The van der Waals surface area contributed by atoms with E-state index in [0.29, 0.717) is 19.3 Å². The van der Waals surface area contributed by atoms with Crippen LogP contribution in [0.1, 0.15) is 258 Å². The molecule has 0 amide bonds. The van der Waals surface area contributed by atoms with Gasteiger partial charge in [-0.25, -0.2) is 0 Å². The summed E-state index contributed by atoms with van der Waals surface area (Å²) >= 11 is 0. The standard InChI is InChI=1S/C70H112O6/c1-4-7-10-13-16-19-22-25-27-29-30-31-32-33-34-35-36-37-38-39-40-42-43-45-48-51-54-57-60-63-69(72)75-66-67(65-74-68(71)62-59-56-53-50-47-24-21-18-15-12-9-6-3)76-70(73)64-61-58-55-52-49-46-44-41-28-26-23-20-17-14-11-8-5-2/h7-8,10-11,16-17,19-20,25-28,30-31,33-34,36-37,39-40,44,46,52,55,67H,4-6,9,12-15,18,21-24,29,32,35,38,41-43,45,47-51,53-54,56-66H2,1-3H3/b10-7-,11-8-,19-16-,20-17-,27-25-,28-26-,31-30-,34-33-,37-36-,40-39-,46-44-,55-52-. The molecule has 1 atom stereocenters. The van der Waals surface area contributed by atoms with E-state index in [0.717, 1.165) is 128 Å². The van der Waals surface area contributed by atoms with Crippen LogP contribution in [-0.2, 0) is 28.6 Å². The van der Waals surface area contributed by atoms with Crippen molar-refractivity contribution in [1.82, 2.24) is 0 Å². The van der Waals surface area contributed by atoms with Gasteiger partial charge in [0.15, 0.2) is 6.10 Å². The van der Waals surface area contributed by atoms with Crippen LogP contribution in [0.15, 0.2) is 146 Å². The fourth-order valence-corrected chi connectivity index (χ4v) is 8.05. The highest BCUT2D eigenvalue weighted by molar-refractivity contribution is 5.71. The van der Waals surface area contributed by atoms with Crippen molar-refractivity contribution < 1.29 is 28.6 Å². The lowest BCUT2D eigenvalue weighted by molar-refractivity contribution is -0.167. The molecule has 6 nitrogen and oxygen atoms in total. The highest BCUT2D eigenvalue weighted by Crippen LogP contribution is 2.15. The number of carbonyl (C=O) groups is 3. The van der Waals surface area contributed by atoms with Gasteiger partial charge in [0.1, 0.15) is 13.2 Å². The molecule has 0 aliphatic carbocycles. The first kappa shape index (κ1) is 71.3. The third-order valence-corrected chi connectivity index (χ3v) is 12.6. The van der Waals surface area contributed by atoms with Crippen molar-refractivity contribution in [1.29, 1.82) is 0 Å². The Balaban J connectivity index is 4.39. The summed E-state index contributed by atoms with van der Waals surface area (Å²) in [5.41, 5.74) is 0. The Morgan fingerprint density at radius 2 is 0.526 bits per heavy atom. The van der Waals surface area contributed by atoms with Gasteiger partial charge in [-0.2, -0.15) is 0 Å². The van der Waals surface area contributed by atoms with Crippen molar-refractivity contribution in [2.24, 2.45) is 0 Å². The molecule has 0 N–H and O–H groups in total. The Hall–Kier alpha value is -4.71. The minimum atomic E-state index is -0.817. The van der Waals surface area contributed by atoms with Gasteiger partial charge >= 0.3 is 17.9 Å². The van der Waals surface area contributed by atoms with Gasteiger partial charge in [0.2, 0.25) is 0 Å². The van der Waals surface area contributed by atoms with Crippen LogP contribution < -0.4 is 0 Å². The van der Waals surface area contributed by atoms with Gasteiger partial charge in [-0.05, 0) is 116 Å². The first-order valence-corrected chi connectivity index (χ1v) is 30.8. The average Bonchev–Trinajstić information content (AvgIpc) is 3.42. The number of hydrogen-bond acceptors (Lipinski definition) is 6. The summed E-state index contributed by atoms with van der Waals surface area (Å²) in [4.78, 5) is 38.2. The maximum Gasteiger partial charge on any atom is 0.306 e. The van der Waals surface area contributed by atoms with Gasteiger partial charge in [0.25, 0.3) is 0 Å². The lowest BCUT2D eigenvalue weighted by Crippen LogP contribution is -2.30. The lowest BCUT2D eigenvalue weighted by Gasteiger charge is -2.18. The number of rotatable bonds is 54. The van der Waals surface area contributed by atoms with E-state index in [1.54, 1.807) is 0 Å². The first-order chi connectivity index (χ1) is 37.5. The Morgan fingerprint density at radius 1 is 0.276 bits per heavy atom. The number of carbonyl (C=O) groups excluding carboxylic acids is 3. The second kappa shape index (κ2) is 62.8. The largest absolute Gasteiger partial charge is 0.462 e. The van der Waals surface area contributed by atoms with Gasteiger partial charge < -0.3 is 14.2 Å². The third kappa shape index (κ3) is 60.2. The van der Waals surface area contributed by atoms with Crippen molar-refractivity contribution in [3.63, 3.8) is 0 Å². The van der Waals surface area contributed by atoms with Crippen molar-refractivity contribution in [2.75, 3.05) is 13.2 Å². The van der Waals surface area contributed by atoms with Crippen LogP contribution in [0, 0.1) is 0 Å². The lowest BCUT2D eigenvalue weighted by atomic mass is 10.0. The zero-order valence-corrected chi connectivity index (χ0v) is 49.0. The zero-order valence-electron chi connectivity index (χ0n) is 49.0. The van der Waals surface area contributed by atoms with Gasteiger partial charge in [-0.1, -0.05) is 269 Å². The normalized spacial score (nSPS) is 13.1. The predicted molar refractivity (Wildman–Crippen MR) is 329 cm³/mol. The van der Waals surface area contributed by atoms with E-state index in [-0.39, 0.29) is 37.5 Å². The number of ether oxygens (including phenoxy) is 3. The molecular weight excluding hydrogens is 937 g/mol. The molecule has 0 saturated carbocycles. The summed E-state index contributed by atoms with van der Waals surface area (Å²) in [7, 11) is 0. The SMILES string of the molecule is CC/C=C\C/C=C\C/C=C\C/C=C\C/C=C\C/C=C\C/C=C\CCCCCCCCCC(=O)OCC(COC(=O)CCCCCCCCCCCCCC)OC(=O)CCC/C=C\C/C=C\C/C=C\C/C=C\C/C=C\CC. The fourth-order valence-electron chi connectivity index (χ4n) is 8.05. The maximum absolute atomic E-state index is 12.8. The van der Waals surface area contributed by atoms with Crippen molar-refractivity contribution in [3.05, 3.63) is 146 Å². The fraction of sp³-hybridized carbons (Fsp3) is 0.614. The summed E-state index contributed by atoms with van der Waals surface area (Å²) < 4.78 is 16.8. The monoisotopic (exact) mass is 1050 g/mol. The molecule has 0 bridgehead atoms. The highest BCUT2D eigenvalue weighted by Gasteiger charge is 2.19. The molecule has 0 saturated heterocycles. The first-order valence-electron chi connectivity index (χ1n) is 30.8. The topological polar surface area (TPSA) is 78.9 Å². The van der Waals surface area contributed by atoms with Crippen LogP contribution in [0.2, 0.25) is 0 Å². The molecule has 0 rings (SSSR count). The van der Waals surface area contributed by atoms with Crippen LogP contribution in [0.5, 0.6) is 0 Å². The molecule has 0 aromatic rings. The van der Waals surface area contributed by atoms with E-state index in [1.807, 2.05) is 0 Å². The molecule has 0 aromatic heterocycles. The molecule has 0 fully saturated rings. The van der Waals surface area contributed by atoms with E-state index >= 15 is 0 Å². The Kier molecular flexibility index (Phi) is 58.9. The number of allylic oxidation sites excluding steroid dienone is 24. The molecule has 6 heteroatoms. The van der Waals surface area contributed by atoms with Crippen LogP contribution in [0.25, 0.3) is 0 Å². The molecular formula is C70H112O6. The second-order valence-corrected chi connectivity index (χ2v) is 19.9. The van der Waals surface area contributed by atoms with Crippen LogP contribution in [0.4, 0.5) is 0 Å². The minimum absolute atomic E-state index is 0.107. The summed E-state index contributed by atoms with van der Waals surface area (Å²) in [5.74, 6) is -0.980. The Morgan fingerprint density at radius 3 is 0.842 bits per heavy atom. The average molecular weight is 1050 g/mol. The molecule has 76 heavy (non-hydrogen) atoms. The van der Waals surface area contributed by atoms with Gasteiger partial charge in [0.05, 0.1) is 0 Å². The second-order valence-electron chi connectivity index (χ2n) is 19.9. The Labute approximate surface area is 467 Å². The molecule has 1 unspecified atom stereocenters. The molecule has 0 radical (unpaired) electrons. The van der Waals surface area contributed by atoms with Crippen LogP contribution in [-0.4, -0.2) is 37.2 Å². The quantitative estimate of drug-likeness (QED) is 0.0261. The van der Waals surface area contributed by atoms with E-state index in [1.165, 1.54) is 83.5 Å². The minimum Gasteiger partial charge on any atom is -0.462 e. The Bertz CT molecular complexity index is 1680. The van der Waals surface area contributed by atoms with Crippen LogP contribution >= 0.6 is 0 Å². The molecule has 0 aliphatic rings. The number of unbranched alkanes of at least 4 members (excludes halogenated alkanes) is 19. The van der Waals surface area contributed by atoms with E-state index < -0.39 is 6.10 Å². The van der Waals surface area contributed by atoms with Crippen LogP contribution in [0.3, 0.4) is 0 Å². The molecule has 0 aromatic carbocycles. The zero-order chi connectivity index (χ0) is 55.0. The van der Waals surface area contributed by atoms with Gasteiger partial charge in [-0.15, -0.1) is 0 Å². The molecule has 0 aliphatic heterocycles. The van der Waals surface area contributed by atoms with E-state index in [9.17, 15) is 14.4 Å². The van der Waals surface area contributed by atoms with Crippen molar-refractivity contribution >= 4 is 17.9 Å². The van der Waals surface area contributed by atoms with Gasteiger partial charge in [0, 0.05) is 19.3 Å². The highest BCUT2D eigenvalue weighted by atomic mass is 16.6. The van der Waals surface area contributed by atoms with Crippen molar-refractivity contribution in [2.45, 2.75) is 264 Å². The number of esters is 3. The van der Waals surface area contributed by atoms with Gasteiger partial charge in [-0.3, -0.25) is 14.4 Å². The summed E-state index contributed by atoms with van der Waals surface area (Å²) in [6, 6.07) is 0. The van der Waals surface area contributed by atoms with Crippen molar-refractivity contribution in [3.8, 4) is 0 Å². The summed E-state index contributed by atoms with van der Waals surface area (Å²) in [5, 5.41) is 0. The smallest absolute Gasteiger partial charge is 0.306 e. The third-order valence-electron chi connectivity index (χ3n) is 12.6. The summed E-state index contributed by atoms with van der Waals surface area (Å²) in [6.07, 6.45) is 90.0. The van der Waals surface area contributed by atoms with E-state index in [2.05, 4.69) is 167 Å². The number of hydrogen-bond donors (Lipinski definition) is 0.